The van der Waals surface area contributed by atoms with E-state index in [0.29, 0.717) is 12.1 Å². The van der Waals surface area contributed by atoms with Crippen LogP contribution in [0.2, 0.25) is 0 Å². The van der Waals surface area contributed by atoms with Crippen molar-refractivity contribution in [3.8, 4) is 12.1 Å². The van der Waals surface area contributed by atoms with Crippen molar-refractivity contribution in [1.82, 2.24) is 19.6 Å². The average molecular weight is 399 g/mol. The van der Waals surface area contributed by atoms with Crippen molar-refractivity contribution in [2.24, 2.45) is 0 Å². The highest BCUT2D eigenvalue weighted by Crippen LogP contribution is 2.24. The van der Waals surface area contributed by atoms with Crippen LogP contribution in [-0.4, -0.2) is 84.0 Å². The van der Waals surface area contributed by atoms with Crippen LogP contribution in [0.15, 0.2) is 11.4 Å². The molecule has 0 amide bonds. The molecule has 3 heterocycles. The Hall–Kier alpha value is -1.76. The van der Waals surface area contributed by atoms with Crippen molar-refractivity contribution in [3.05, 3.63) is 11.4 Å². The predicted molar refractivity (Wildman–Crippen MR) is 116 cm³/mol. The molecule has 29 heavy (non-hydrogen) atoms. The first-order valence-corrected chi connectivity index (χ1v) is 11.7. The quantitative estimate of drug-likeness (QED) is 0.586. The minimum absolute atomic E-state index is 0.281. The third kappa shape index (κ3) is 5.65. The number of likely N-dealkylation sites (tertiary alicyclic amines) is 2. The van der Waals surface area contributed by atoms with Crippen molar-refractivity contribution >= 4 is 0 Å². The first kappa shape index (κ1) is 21.9. The second-order valence-electron chi connectivity index (χ2n) is 9.01. The molecular weight excluding hydrogens is 360 g/mol. The van der Waals surface area contributed by atoms with Gasteiger partial charge in [-0.25, -0.2) is 0 Å². The van der Waals surface area contributed by atoms with Crippen molar-refractivity contribution in [3.63, 3.8) is 0 Å². The molecule has 160 valence electrons. The summed E-state index contributed by atoms with van der Waals surface area (Å²) in [5.41, 5.74) is 0.281. The Balaban J connectivity index is 1.53. The largest absolute Gasteiger partial charge is 0.355 e. The van der Waals surface area contributed by atoms with Gasteiger partial charge in [-0.1, -0.05) is 6.42 Å². The van der Waals surface area contributed by atoms with E-state index in [0.717, 1.165) is 57.9 Å². The van der Waals surface area contributed by atoms with Crippen LogP contribution in [0.1, 0.15) is 58.8 Å². The van der Waals surface area contributed by atoms with Crippen molar-refractivity contribution in [2.75, 3.05) is 52.4 Å². The summed E-state index contributed by atoms with van der Waals surface area (Å²) in [6.45, 7) is 13.1. The van der Waals surface area contributed by atoms with E-state index >= 15 is 0 Å². The van der Waals surface area contributed by atoms with Gasteiger partial charge in [0.25, 0.3) is 0 Å². The Labute approximate surface area is 177 Å². The van der Waals surface area contributed by atoms with Gasteiger partial charge in [-0.2, -0.15) is 10.5 Å². The van der Waals surface area contributed by atoms with E-state index < -0.39 is 0 Å². The van der Waals surface area contributed by atoms with E-state index in [1.807, 2.05) is 0 Å². The second-order valence-corrected chi connectivity index (χ2v) is 9.01. The third-order valence-corrected chi connectivity index (χ3v) is 7.06. The van der Waals surface area contributed by atoms with Crippen molar-refractivity contribution in [1.29, 1.82) is 10.5 Å². The highest BCUT2D eigenvalue weighted by molar-refractivity contribution is 5.40. The fourth-order valence-corrected chi connectivity index (χ4v) is 5.27. The lowest BCUT2D eigenvalue weighted by Crippen LogP contribution is -2.39. The molecular formula is C23H38N6. The van der Waals surface area contributed by atoms with E-state index in [-0.39, 0.29) is 5.57 Å². The van der Waals surface area contributed by atoms with Gasteiger partial charge in [-0.15, -0.1) is 0 Å². The van der Waals surface area contributed by atoms with Gasteiger partial charge in [0.1, 0.15) is 18.0 Å². The first-order valence-electron chi connectivity index (χ1n) is 11.7. The van der Waals surface area contributed by atoms with Gasteiger partial charge in [-0.3, -0.25) is 0 Å². The lowest BCUT2D eigenvalue weighted by molar-refractivity contribution is 0.153. The molecule has 2 atom stereocenters. The summed E-state index contributed by atoms with van der Waals surface area (Å²) in [6.07, 6.45) is 8.79. The molecule has 0 aromatic carbocycles. The number of rotatable bonds is 8. The maximum Gasteiger partial charge on any atom is 0.169 e. The zero-order valence-electron chi connectivity index (χ0n) is 18.4. The monoisotopic (exact) mass is 398 g/mol. The summed E-state index contributed by atoms with van der Waals surface area (Å²) in [6, 6.07) is 5.70. The van der Waals surface area contributed by atoms with Crippen LogP contribution in [0.5, 0.6) is 0 Å². The summed E-state index contributed by atoms with van der Waals surface area (Å²) >= 11 is 0. The third-order valence-electron chi connectivity index (χ3n) is 7.06. The molecule has 0 N–H and O–H groups in total. The molecule has 3 rings (SSSR count). The summed E-state index contributed by atoms with van der Waals surface area (Å²) in [5, 5.41) is 19.0. The van der Waals surface area contributed by atoms with Gasteiger partial charge in [0.05, 0.1) is 0 Å². The van der Waals surface area contributed by atoms with E-state index in [1.165, 1.54) is 45.2 Å². The van der Waals surface area contributed by atoms with Crippen LogP contribution in [0.3, 0.4) is 0 Å². The molecule has 0 spiro atoms. The molecule has 0 aromatic rings. The fraction of sp³-hybridized carbons (Fsp3) is 0.826. The van der Waals surface area contributed by atoms with E-state index in [4.69, 9.17) is 0 Å². The lowest BCUT2D eigenvalue weighted by Gasteiger charge is -2.34. The normalized spacial score (nSPS) is 26.0. The zero-order chi connectivity index (χ0) is 20.6. The van der Waals surface area contributed by atoms with E-state index in [9.17, 15) is 10.5 Å². The minimum Gasteiger partial charge on any atom is -0.355 e. The molecule has 6 heteroatoms. The van der Waals surface area contributed by atoms with E-state index in [2.05, 4.69) is 45.6 Å². The van der Waals surface area contributed by atoms with Gasteiger partial charge in [0.15, 0.2) is 5.57 Å². The van der Waals surface area contributed by atoms with Crippen LogP contribution in [0.25, 0.3) is 0 Å². The molecule has 0 bridgehead atoms. The highest BCUT2D eigenvalue weighted by Gasteiger charge is 2.29. The molecule has 6 nitrogen and oxygen atoms in total. The lowest BCUT2D eigenvalue weighted by atomic mass is 10.0. The Morgan fingerprint density at radius 1 is 0.759 bits per heavy atom. The number of piperidine rings is 1. The molecule has 3 fully saturated rings. The number of allylic oxidation sites excluding steroid dienone is 1. The zero-order valence-corrected chi connectivity index (χ0v) is 18.4. The minimum atomic E-state index is 0.281. The Kier molecular flexibility index (Phi) is 8.21. The number of hydrogen-bond donors (Lipinski definition) is 0. The van der Waals surface area contributed by atoms with Gasteiger partial charge in [0.2, 0.25) is 0 Å². The van der Waals surface area contributed by atoms with Crippen LogP contribution < -0.4 is 0 Å². The predicted octanol–water partition coefficient (Wildman–Crippen LogP) is 3.00. The maximum absolute atomic E-state index is 9.52. The Morgan fingerprint density at radius 3 is 1.76 bits per heavy atom. The molecule has 0 saturated carbocycles. The number of hydrogen-bond acceptors (Lipinski definition) is 6. The van der Waals surface area contributed by atoms with Crippen molar-refractivity contribution in [2.45, 2.75) is 70.9 Å². The number of nitriles is 2. The van der Waals surface area contributed by atoms with Crippen LogP contribution in [0.4, 0.5) is 0 Å². The molecule has 0 unspecified atom stereocenters. The van der Waals surface area contributed by atoms with Gasteiger partial charge in [0, 0.05) is 51.4 Å². The Bertz CT molecular complexity index is 629. The number of nitrogens with zero attached hydrogens (tertiary/aromatic N) is 6. The molecule has 0 aromatic heterocycles. The Morgan fingerprint density at radius 2 is 1.28 bits per heavy atom. The van der Waals surface area contributed by atoms with Gasteiger partial charge < -0.3 is 19.6 Å². The fourth-order valence-electron chi connectivity index (χ4n) is 5.27. The molecule has 3 aliphatic rings. The summed E-state index contributed by atoms with van der Waals surface area (Å²) in [7, 11) is 0. The van der Waals surface area contributed by atoms with Crippen LogP contribution >= 0.6 is 0 Å². The second kappa shape index (κ2) is 10.9. The van der Waals surface area contributed by atoms with Crippen molar-refractivity contribution < 1.29 is 0 Å². The summed E-state index contributed by atoms with van der Waals surface area (Å²) in [4.78, 5) is 9.75. The molecule has 0 aliphatic carbocycles. The van der Waals surface area contributed by atoms with Gasteiger partial charge >= 0.3 is 0 Å². The SMILES string of the molecule is C[C@@H]1CCCCN1CCCN1CCN(CCCN2CCC[C@@H]2C)C1=C(C#N)C#N. The van der Waals surface area contributed by atoms with Gasteiger partial charge in [-0.05, 0) is 65.5 Å². The highest BCUT2D eigenvalue weighted by atomic mass is 15.4. The van der Waals surface area contributed by atoms with Crippen LogP contribution in [-0.2, 0) is 0 Å². The standard InChI is InChI=1S/C23H38N6/c1-20-8-3-4-10-26(20)12-6-14-28-16-17-29(23(28)22(18-24)19-25)15-7-13-27-11-5-9-21(27)2/h20-21H,3-17H2,1-2H3/t20-,21+/m1/s1. The topological polar surface area (TPSA) is 60.5 Å². The summed E-state index contributed by atoms with van der Waals surface area (Å²) in [5.74, 6) is 0.885. The first-order chi connectivity index (χ1) is 14.1. The van der Waals surface area contributed by atoms with Crippen LogP contribution in [0, 0.1) is 22.7 Å². The maximum atomic E-state index is 9.52. The molecule has 3 aliphatic heterocycles. The smallest absolute Gasteiger partial charge is 0.169 e. The molecule has 0 radical (unpaired) electrons. The van der Waals surface area contributed by atoms with E-state index in [1.54, 1.807) is 0 Å². The average Bonchev–Trinajstić information content (AvgIpc) is 3.31. The summed E-state index contributed by atoms with van der Waals surface area (Å²) < 4.78 is 0. The molecule has 3 saturated heterocycles.